The lowest BCUT2D eigenvalue weighted by molar-refractivity contribution is -0.136. The maximum absolute atomic E-state index is 12.4. The third kappa shape index (κ3) is 4.74. The molecule has 2 saturated heterocycles. The number of anilines is 2. The Kier molecular flexibility index (Phi) is 6.46. The largest absolute Gasteiger partial charge is 0.378 e. The highest BCUT2D eigenvalue weighted by molar-refractivity contribution is 6.05. The summed E-state index contributed by atoms with van der Waals surface area (Å²) in [6, 6.07) is 7.73. The highest BCUT2D eigenvalue weighted by Crippen LogP contribution is 2.26. The average Bonchev–Trinajstić information content (AvgIpc) is 2.69. The molecule has 2 amide bonds. The first-order valence-electron chi connectivity index (χ1n) is 9.39. The van der Waals surface area contributed by atoms with E-state index in [2.05, 4.69) is 22.0 Å². The van der Waals surface area contributed by atoms with Gasteiger partial charge in [-0.25, -0.2) is 0 Å². The second-order valence-corrected chi connectivity index (χ2v) is 6.66. The van der Waals surface area contributed by atoms with E-state index in [0.717, 1.165) is 44.1 Å². The second kappa shape index (κ2) is 9.00. The lowest BCUT2D eigenvalue weighted by atomic mass is 10.2. The van der Waals surface area contributed by atoms with Gasteiger partial charge < -0.3 is 24.8 Å². The Labute approximate surface area is 154 Å². The summed E-state index contributed by atoms with van der Waals surface area (Å²) in [6.45, 7) is 9.25. The van der Waals surface area contributed by atoms with Crippen molar-refractivity contribution in [3.05, 3.63) is 24.3 Å². The number of likely N-dealkylation sites (N-methyl/N-ethyl adjacent to an activating group) is 1. The normalized spacial score (nSPS) is 18.7. The monoisotopic (exact) mass is 360 g/mol. The number of hydrogen-bond acceptors (Lipinski definition) is 5. The van der Waals surface area contributed by atoms with Crippen molar-refractivity contribution in [2.24, 2.45) is 0 Å². The Morgan fingerprint density at radius 3 is 2.42 bits per heavy atom. The molecule has 0 radical (unpaired) electrons. The van der Waals surface area contributed by atoms with Gasteiger partial charge in [-0.15, -0.1) is 0 Å². The van der Waals surface area contributed by atoms with Gasteiger partial charge in [0.05, 0.1) is 24.6 Å². The van der Waals surface area contributed by atoms with Crippen LogP contribution in [0.1, 0.15) is 13.3 Å². The molecule has 142 valence electrons. The van der Waals surface area contributed by atoms with Crippen LogP contribution in [0, 0.1) is 0 Å². The van der Waals surface area contributed by atoms with Gasteiger partial charge >= 0.3 is 0 Å². The van der Waals surface area contributed by atoms with Crippen LogP contribution in [0.3, 0.4) is 0 Å². The molecule has 3 rings (SSSR count). The van der Waals surface area contributed by atoms with Gasteiger partial charge in [0.25, 0.3) is 0 Å². The Bertz CT molecular complexity index is 623. The fraction of sp³-hybridized carbons (Fsp3) is 0.579. The minimum absolute atomic E-state index is 0.0953. The minimum Gasteiger partial charge on any atom is -0.378 e. The van der Waals surface area contributed by atoms with Gasteiger partial charge in [0.1, 0.15) is 6.42 Å². The highest BCUT2D eigenvalue weighted by atomic mass is 16.5. The molecule has 1 aromatic rings. The summed E-state index contributed by atoms with van der Waals surface area (Å²) in [7, 11) is 0. The van der Waals surface area contributed by atoms with Crippen molar-refractivity contribution in [3.63, 3.8) is 0 Å². The van der Waals surface area contributed by atoms with E-state index in [1.54, 1.807) is 4.90 Å². The fourth-order valence-electron chi connectivity index (χ4n) is 3.42. The molecule has 7 heteroatoms. The van der Waals surface area contributed by atoms with E-state index < -0.39 is 0 Å². The van der Waals surface area contributed by atoms with Crippen LogP contribution in [-0.2, 0) is 14.3 Å². The number of hydrogen-bond donors (Lipinski definition) is 1. The Morgan fingerprint density at radius 1 is 1.04 bits per heavy atom. The van der Waals surface area contributed by atoms with Crippen LogP contribution in [0.5, 0.6) is 0 Å². The zero-order valence-electron chi connectivity index (χ0n) is 15.4. The van der Waals surface area contributed by atoms with Gasteiger partial charge in [-0.3, -0.25) is 9.59 Å². The van der Waals surface area contributed by atoms with Crippen molar-refractivity contribution < 1.29 is 14.3 Å². The van der Waals surface area contributed by atoms with Gasteiger partial charge in [-0.05, 0) is 18.7 Å². The Balaban J connectivity index is 1.56. The predicted molar refractivity (Wildman–Crippen MR) is 101 cm³/mol. The number of ether oxygens (including phenoxy) is 1. The summed E-state index contributed by atoms with van der Waals surface area (Å²) in [6.07, 6.45) is -0.108. The number of carbonyl (C=O) groups excluding carboxylic acids is 2. The SMILES string of the molecule is CCN1CCN(C(=O)CC(=O)Nc2ccccc2N2CCOCC2)CC1. The number of amides is 2. The molecule has 2 aliphatic heterocycles. The number of nitrogens with zero attached hydrogens (tertiary/aromatic N) is 3. The van der Waals surface area contributed by atoms with Crippen molar-refractivity contribution in [1.82, 2.24) is 9.80 Å². The van der Waals surface area contributed by atoms with E-state index >= 15 is 0 Å². The number of carbonyl (C=O) groups is 2. The lowest BCUT2D eigenvalue weighted by Gasteiger charge is -2.34. The summed E-state index contributed by atoms with van der Waals surface area (Å²) in [5.41, 5.74) is 1.73. The number of piperazine rings is 1. The number of morpholine rings is 1. The molecule has 1 N–H and O–H groups in total. The topological polar surface area (TPSA) is 65.1 Å². The van der Waals surface area contributed by atoms with Gasteiger partial charge in [0, 0.05) is 39.3 Å². The van der Waals surface area contributed by atoms with Crippen molar-refractivity contribution >= 4 is 23.2 Å². The van der Waals surface area contributed by atoms with Crippen molar-refractivity contribution in [3.8, 4) is 0 Å². The Hall–Kier alpha value is -2.12. The first kappa shape index (κ1) is 18.7. The Morgan fingerprint density at radius 2 is 1.73 bits per heavy atom. The zero-order chi connectivity index (χ0) is 18.4. The van der Waals surface area contributed by atoms with E-state index in [0.29, 0.717) is 26.3 Å². The maximum Gasteiger partial charge on any atom is 0.233 e. The van der Waals surface area contributed by atoms with Crippen LogP contribution >= 0.6 is 0 Å². The second-order valence-electron chi connectivity index (χ2n) is 6.66. The van der Waals surface area contributed by atoms with Crippen molar-refractivity contribution in [2.75, 3.05) is 69.2 Å². The summed E-state index contributed by atoms with van der Waals surface area (Å²) in [5.74, 6) is -0.351. The molecule has 2 aliphatic rings. The molecule has 26 heavy (non-hydrogen) atoms. The molecule has 0 atom stereocenters. The van der Waals surface area contributed by atoms with Crippen LogP contribution in [-0.4, -0.2) is 80.6 Å². The zero-order valence-corrected chi connectivity index (χ0v) is 15.4. The maximum atomic E-state index is 12.4. The standard InChI is InChI=1S/C19H28N4O3/c1-2-21-7-9-23(10-8-21)19(25)15-18(24)20-16-5-3-4-6-17(16)22-11-13-26-14-12-22/h3-6H,2,7-15H2,1H3,(H,20,24). The third-order valence-corrected chi connectivity index (χ3v) is 5.01. The van der Waals surface area contributed by atoms with E-state index in [-0.39, 0.29) is 18.2 Å². The van der Waals surface area contributed by atoms with E-state index in [4.69, 9.17) is 4.74 Å². The fourth-order valence-corrected chi connectivity index (χ4v) is 3.42. The molecule has 7 nitrogen and oxygen atoms in total. The van der Waals surface area contributed by atoms with Gasteiger partial charge in [0.15, 0.2) is 0 Å². The average molecular weight is 360 g/mol. The van der Waals surface area contributed by atoms with E-state index in [1.807, 2.05) is 24.3 Å². The number of nitrogens with one attached hydrogen (secondary N) is 1. The number of rotatable bonds is 5. The molecule has 0 bridgehead atoms. The van der Waals surface area contributed by atoms with Crippen LogP contribution in [0.15, 0.2) is 24.3 Å². The molecule has 0 unspecified atom stereocenters. The van der Waals surface area contributed by atoms with E-state index in [9.17, 15) is 9.59 Å². The van der Waals surface area contributed by atoms with Crippen LogP contribution < -0.4 is 10.2 Å². The number of benzene rings is 1. The van der Waals surface area contributed by atoms with Crippen LogP contribution in [0.25, 0.3) is 0 Å². The molecular formula is C19H28N4O3. The first-order valence-corrected chi connectivity index (χ1v) is 9.39. The van der Waals surface area contributed by atoms with Crippen LogP contribution in [0.4, 0.5) is 11.4 Å². The predicted octanol–water partition coefficient (Wildman–Crippen LogP) is 1.02. The minimum atomic E-state index is -0.256. The molecule has 0 aromatic heterocycles. The van der Waals surface area contributed by atoms with Crippen molar-refractivity contribution in [2.45, 2.75) is 13.3 Å². The molecule has 0 spiro atoms. The number of para-hydroxylation sites is 2. The molecule has 0 aliphatic carbocycles. The van der Waals surface area contributed by atoms with Gasteiger partial charge in [-0.2, -0.15) is 0 Å². The molecule has 2 heterocycles. The lowest BCUT2D eigenvalue weighted by Crippen LogP contribution is -2.49. The smallest absolute Gasteiger partial charge is 0.233 e. The summed E-state index contributed by atoms with van der Waals surface area (Å²) in [5, 5.41) is 2.92. The van der Waals surface area contributed by atoms with Gasteiger partial charge in [0.2, 0.25) is 11.8 Å². The molecule has 2 fully saturated rings. The third-order valence-electron chi connectivity index (χ3n) is 5.01. The first-order chi connectivity index (χ1) is 12.7. The van der Waals surface area contributed by atoms with E-state index in [1.165, 1.54) is 0 Å². The molecular weight excluding hydrogens is 332 g/mol. The summed E-state index contributed by atoms with van der Waals surface area (Å²) >= 11 is 0. The highest BCUT2D eigenvalue weighted by Gasteiger charge is 2.23. The van der Waals surface area contributed by atoms with Crippen LogP contribution in [0.2, 0.25) is 0 Å². The van der Waals surface area contributed by atoms with Gasteiger partial charge in [-0.1, -0.05) is 19.1 Å². The quantitative estimate of drug-likeness (QED) is 0.794. The summed E-state index contributed by atoms with van der Waals surface area (Å²) < 4.78 is 5.39. The molecule has 0 saturated carbocycles. The summed E-state index contributed by atoms with van der Waals surface area (Å²) in [4.78, 5) is 31.1. The van der Waals surface area contributed by atoms with Crippen molar-refractivity contribution in [1.29, 1.82) is 0 Å². The molecule has 1 aromatic carbocycles.